The Balaban J connectivity index is 0.000000531. The van der Waals surface area contributed by atoms with Gasteiger partial charge in [0.25, 0.3) is 0 Å². The number of nitrogens with zero attached hydrogens (tertiary/aromatic N) is 1. The molecule has 3 nitrogen and oxygen atoms in total. The van der Waals surface area contributed by atoms with Crippen molar-refractivity contribution in [1.82, 2.24) is 4.98 Å². The minimum atomic E-state index is -0.895. The van der Waals surface area contributed by atoms with Gasteiger partial charge in [0.1, 0.15) is 4.88 Å². The molecule has 0 saturated carbocycles. The van der Waals surface area contributed by atoms with Crippen LogP contribution >= 0.6 is 27.3 Å². The van der Waals surface area contributed by atoms with E-state index in [9.17, 15) is 4.79 Å². The Morgan fingerprint density at radius 2 is 2.13 bits per heavy atom. The number of rotatable bonds is 1. The number of hydrogen-bond acceptors (Lipinski definition) is 3. The smallest absolute Gasteiger partial charge is 0.345 e. The highest BCUT2D eigenvalue weighted by atomic mass is 79.9. The van der Waals surface area contributed by atoms with Crippen LogP contribution in [0.2, 0.25) is 0 Å². The second-order valence-electron chi connectivity index (χ2n) is 2.45. The fourth-order valence-corrected chi connectivity index (χ4v) is 2.50. The molecule has 2 aromatic rings. The van der Waals surface area contributed by atoms with Crippen LogP contribution < -0.4 is 0 Å². The average Bonchev–Trinajstić information content (AvgIpc) is 2.66. The van der Waals surface area contributed by atoms with E-state index in [0.29, 0.717) is 4.88 Å². The first-order valence-corrected chi connectivity index (χ1v) is 6.06. The van der Waals surface area contributed by atoms with Crippen molar-refractivity contribution >= 4 is 43.3 Å². The fourth-order valence-electron chi connectivity index (χ4n) is 1.03. The second-order valence-corrected chi connectivity index (χ2v) is 4.39. The van der Waals surface area contributed by atoms with Crippen LogP contribution in [0, 0.1) is 0 Å². The molecule has 0 atom stereocenters. The molecule has 1 N–H and O–H groups in total. The van der Waals surface area contributed by atoms with Crippen LogP contribution in [-0.2, 0) is 0 Å². The van der Waals surface area contributed by atoms with Gasteiger partial charge in [-0.25, -0.2) is 4.79 Å². The van der Waals surface area contributed by atoms with Crippen molar-refractivity contribution < 1.29 is 9.90 Å². The first kappa shape index (κ1) is 12.1. The van der Waals surface area contributed by atoms with E-state index in [0.717, 1.165) is 14.6 Å². The molecule has 0 saturated heterocycles. The zero-order valence-corrected chi connectivity index (χ0v) is 10.7. The molecular weight excluding hydrogens is 278 g/mol. The van der Waals surface area contributed by atoms with Crippen molar-refractivity contribution in [3.05, 3.63) is 27.8 Å². The van der Waals surface area contributed by atoms with Gasteiger partial charge in [0.15, 0.2) is 0 Å². The summed E-state index contributed by atoms with van der Waals surface area (Å²) >= 11 is 4.54. The molecule has 0 amide bonds. The van der Waals surface area contributed by atoms with E-state index in [1.165, 1.54) is 11.3 Å². The largest absolute Gasteiger partial charge is 0.477 e. The molecule has 15 heavy (non-hydrogen) atoms. The third-order valence-electron chi connectivity index (χ3n) is 1.61. The zero-order chi connectivity index (χ0) is 11.4. The van der Waals surface area contributed by atoms with Gasteiger partial charge in [0, 0.05) is 22.3 Å². The van der Waals surface area contributed by atoms with E-state index < -0.39 is 5.97 Å². The molecule has 0 aliphatic carbocycles. The first-order chi connectivity index (χ1) is 7.18. The summed E-state index contributed by atoms with van der Waals surface area (Å²) in [5.74, 6) is -0.895. The lowest BCUT2D eigenvalue weighted by atomic mass is 10.3. The highest BCUT2D eigenvalue weighted by molar-refractivity contribution is 9.10. The normalized spacial score (nSPS) is 9.53. The Kier molecular flexibility index (Phi) is 4.23. The highest BCUT2D eigenvalue weighted by Gasteiger charge is 2.09. The average molecular weight is 288 g/mol. The summed E-state index contributed by atoms with van der Waals surface area (Å²) in [4.78, 5) is 14.9. The van der Waals surface area contributed by atoms with Crippen LogP contribution in [0.4, 0.5) is 0 Å². The van der Waals surface area contributed by atoms with Gasteiger partial charge in [-0.3, -0.25) is 4.98 Å². The number of pyridine rings is 1. The topological polar surface area (TPSA) is 50.2 Å². The molecule has 0 aliphatic heterocycles. The number of carbonyl (C=O) groups is 1. The molecule has 2 rings (SSSR count). The summed E-state index contributed by atoms with van der Waals surface area (Å²) in [6.07, 6.45) is 3.32. The van der Waals surface area contributed by atoms with Gasteiger partial charge in [0.05, 0.1) is 4.70 Å². The number of halogens is 1. The maximum absolute atomic E-state index is 10.7. The lowest BCUT2D eigenvalue weighted by Crippen LogP contribution is -1.89. The van der Waals surface area contributed by atoms with Crippen LogP contribution in [0.1, 0.15) is 23.5 Å². The van der Waals surface area contributed by atoms with E-state index in [-0.39, 0.29) is 0 Å². The van der Waals surface area contributed by atoms with Crippen molar-refractivity contribution in [3.63, 3.8) is 0 Å². The lowest BCUT2D eigenvalue weighted by Gasteiger charge is -1.89. The molecule has 2 aromatic heterocycles. The number of fused-ring (bicyclic) bond motifs is 1. The van der Waals surface area contributed by atoms with E-state index in [2.05, 4.69) is 20.9 Å². The molecule has 0 aliphatic rings. The number of carboxylic acids is 1. The van der Waals surface area contributed by atoms with Crippen LogP contribution in [-0.4, -0.2) is 16.1 Å². The second kappa shape index (κ2) is 5.23. The van der Waals surface area contributed by atoms with Crippen molar-refractivity contribution in [2.75, 3.05) is 0 Å². The van der Waals surface area contributed by atoms with Crippen molar-refractivity contribution in [2.45, 2.75) is 13.8 Å². The molecule has 80 valence electrons. The van der Waals surface area contributed by atoms with Gasteiger partial charge in [-0.05, 0) is 22.0 Å². The lowest BCUT2D eigenvalue weighted by molar-refractivity contribution is 0.0702. The van der Waals surface area contributed by atoms with Crippen LogP contribution in [0.15, 0.2) is 22.9 Å². The van der Waals surface area contributed by atoms with E-state index >= 15 is 0 Å². The first-order valence-electron chi connectivity index (χ1n) is 4.45. The SMILES string of the molecule is CC.O=C(O)c1cc2c(Br)cncc2s1. The van der Waals surface area contributed by atoms with Gasteiger partial charge in [-0.1, -0.05) is 13.8 Å². The molecule has 0 radical (unpaired) electrons. The van der Waals surface area contributed by atoms with Gasteiger partial charge in [-0.15, -0.1) is 11.3 Å². The Labute approximate surface area is 99.9 Å². The number of aromatic carboxylic acids is 1. The van der Waals surface area contributed by atoms with Gasteiger partial charge < -0.3 is 5.11 Å². The maximum atomic E-state index is 10.7. The third kappa shape index (κ3) is 2.54. The summed E-state index contributed by atoms with van der Waals surface area (Å²) < 4.78 is 1.71. The molecule has 0 spiro atoms. The predicted molar refractivity (Wildman–Crippen MR) is 65.6 cm³/mol. The molecule has 0 aromatic carbocycles. The highest BCUT2D eigenvalue weighted by Crippen LogP contribution is 2.30. The number of aromatic nitrogens is 1. The van der Waals surface area contributed by atoms with Gasteiger partial charge in [-0.2, -0.15) is 0 Å². The predicted octanol–water partition coefficient (Wildman–Crippen LogP) is 3.78. The Morgan fingerprint density at radius 3 is 2.67 bits per heavy atom. The van der Waals surface area contributed by atoms with Crippen molar-refractivity contribution in [2.24, 2.45) is 0 Å². The Bertz CT molecular complexity index is 481. The van der Waals surface area contributed by atoms with Gasteiger partial charge >= 0.3 is 5.97 Å². The molecule has 5 heteroatoms. The zero-order valence-electron chi connectivity index (χ0n) is 8.32. The van der Waals surface area contributed by atoms with E-state index in [4.69, 9.17) is 5.11 Å². The third-order valence-corrected chi connectivity index (χ3v) is 3.30. The minimum absolute atomic E-state index is 0.337. The van der Waals surface area contributed by atoms with E-state index in [1.807, 2.05) is 13.8 Å². The summed E-state index contributed by atoms with van der Waals surface area (Å²) in [6, 6.07) is 1.65. The Morgan fingerprint density at radius 1 is 1.47 bits per heavy atom. The minimum Gasteiger partial charge on any atom is -0.477 e. The number of thiophene rings is 1. The summed E-state index contributed by atoms with van der Waals surface area (Å²) in [7, 11) is 0. The monoisotopic (exact) mass is 287 g/mol. The number of carboxylic acid groups (broad SMARTS) is 1. The van der Waals surface area contributed by atoms with Crippen molar-refractivity contribution in [3.8, 4) is 0 Å². The van der Waals surface area contributed by atoms with Crippen molar-refractivity contribution in [1.29, 1.82) is 0 Å². The Hall–Kier alpha value is -0.940. The summed E-state index contributed by atoms with van der Waals surface area (Å²) in [6.45, 7) is 4.00. The van der Waals surface area contributed by atoms with Crippen LogP contribution in [0.25, 0.3) is 10.1 Å². The fraction of sp³-hybridized carbons (Fsp3) is 0.200. The quantitative estimate of drug-likeness (QED) is 0.868. The molecular formula is C10H10BrNO2S. The van der Waals surface area contributed by atoms with Crippen LogP contribution in [0.5, 0.6) is 0 Å². The molecule has 2 heterocycles. The summed E-state index contributed by atoms with van der Waals surface area (Å²) in [5, 5.41) is 9.65. The number of hydrogen-bond donors (Lipinski definition) is 1. The van der Waals surface area contributed by atoms with Gasteiger partial charge in [0.2, 0.25) is 0 Å². The molecule has 0 bridgehead atoms. The van der Waals surface area contributed by atoms with E-state index in [1.54, 1.807) is 18.5 Å². The summed E-state index contributed by atoms with van der Waals surface area (Å²) in [5.41, 5.74) is 0. The molecule has 0 unspecified atom stereocenters. The van der Waals surface area contributed by atoms with Crippen LogP contribution in [0.3, 0.4) is 0 Å². The maximum Gasteiger partial charge on any atom is 0.345 e. The molecule has 0 fully saturated rings. The standard InChI is InChI=1S/C8H4BrNO2S.C2H6/c9-5-2-10-3-7-4(5)1-6(13-7)8(11)12;1-2/h1-3H,(H,11,12);1-2H3.